The Morgan fingerprint density at radius 1 is 1.36 bits per heavy atom. The SMILES string of the molecule is S=CCCCc1ncccn1. The van der Waals surface area contributed by atoms with Crippen LogP contribution in [0.1, 0.15) is 18.7 Å². The molecule has 0 amide bonds. The van der Waals surface area contributed by atoms with Crippen molar-refractivity contribution in [1.82, 2.24) is 9.97 Å². The van der Waals surface area contributed by atoms with E-state index in [1.165, 1.54) is 0 Å². The van der Waals surface area contributed by atoms with Crippen LogP contribution in [0.5, 0.6) is 0 Å². The minimum absolute atomic E-state index is 0.907. The maximum Gasteiger partial charge on any atom is 0.128 e. The highest BCUT2D eigenvalue weighted by Crippen LogP contribution is 1.95. The summed E-state index contributed by atoms with van der Waals surface area (Å²) >= 11 is 4.70. The largest absolute Gasteiger partial charge is 0.241 e. The molecule has 0 aliphatic rings. The van der Waals surface area contributed by atoms with Crippen LogP contribution < -0.4 is 0 Å². The van der Waals surface area contributed by atoms with Gasteiger partial charge >= 0.3 is 0 Å². The summed E-state index contributed by atoms with van der Waals surface area (Å²) in [7, 11) is 0. The van der Waals surface area contributed by atoms with E-state index in [-0.39, 0.29) is 0 Å². The Hall–Kier alpha value is -0.830. The van der Waals surface area contributed by atoms with Gasteiger partial charge in [-0.05, 0) is 24.3 Å². The molecule has 1 rings (SSSR count). The smallest absolute Gasteiger partial charge is 0.128 e. The van der Waals surface area contributed by atoms with Crippen LogP contribution in [0, 0.1) is 0 Å². The van der Waals surface area contributed by atoms with Crippen molar-refractivity contribution in [3.05, 3.63) is 24.3 Å². The molecule has 0 radical (unpaired) electrons. The number of aryl methyl sites for hydroxylation is 1. The lowest BCUT2D eigenvalue weighted by Crippen LogP contribution is -1.92. The first-order valence-electron chi connectivity index (χ1n) is 3.63. The molecule has 1 heterocycles. The molecule has 0 spiro atoms. The lowest BCUT2D eigenvalue weighted by molar-refractivity contribution is 0.808. The number of hydrogen-bond acceptors (Lipinski definition) is 3. The molecule has 0 N–H and O–H groups in total. The minimum atomic E-state index is 0.907. The molecule has 0 aliphatic heterocycles. The first-order valence-corrected chi connectivity index (χ1v) is 4.10. The van der Waals surface area contributed by atoms with Gasteiger partial charge in [0.15, 0.2) is 0 Å². The second-order valence-electron chi connectivity index (χ2n) is 2.22. The monoisotopic (exact) mass is 166 g/mol. The summed E-state index contributed by atoms with van der Waals surface area (Å²) in [6, 6.07) is 1.82. The maximum absolute atomic E-state index is 4.70. The average molecular weight is 166 g/mol. The second kappa shape index (κ2) is 4.91. The number of rotatable bonds is 4. The minimum Gasteiger partial charge on any atom is -0.241 e. The Morgan fingerprint density at radius 3 is 2.73 bits per heavy atom. The molecule has 0 saturated heterocycles. The van der Waals surface area contributed by atoms with Crippen molar-refractivity contribution in [2.75, 3.05) is 0 Å². The third-order valence-corrected chi connectivity index (χ3v) is 1.58. The molecular weight excluding hydrogens is 156 g/mol. The van der Waals surface area contributed by atoms with Crippen molar-refractivity contribution in [1.29, 1.82) is 0 Å². The first-order chi connectivity index (χ1) is 5.43. The Labute approximate surface area is 71.7 Å². The lowest BCUT2D eigenvalue weighted by Gasteiger charge is -1.94. The Bertz CT molecular complexity index is 211. The van der Waals surface area contributed by atoms with Crippen molar-refractivity contribution in [3.63, 3.8) is 0 Å². The molecule has 0 aromatic carbocycles. The van der Waals surface area contributed by atoms with Crippen LogP contribution in [0.3, 0.4) is 0 Å². The fourth-order valence-electron chi connectivity index (χ4n) is 0.803. The predicted octanol–water partition coefficient (Wildman–Crippen LogP) is 1.80. The van der Waals surface area contributed by atoms with Crippen LogP contribution in [0.4, 0.5) is 0 Å². The molecule has 11 heavy (non-hydrogen) atoms. The van der Waals surface area contributed by atoms with E-state index < -0.39 is 0 Å². The Balaban J connectivity index is 2.33. The van der Waals surface area contributed by atoms with E-state index in [1.807, 2.05) is 6.07 Å². The number of unbranched alkanes of at least 4 members (excludes halogenated alkanes) is 1. The van der Waals surface area contributed by atoms with Crippen LogP contribution in [0.15, 0.2) is 18.5 Å². The van der Waals surface area contributed by atoms with Crippen molar-refractivity contribution in [2.45, 2.75) is 19.3 Å². The highest BCUT2D eigenvalue weighted by atomic mass is 32.1. The number of hydrogen-bond donors (Lipinski definition) is 0. The van der Waals surface area contributed by atoms with E-state index in [1.54, 1.807) is 17.8 Å². The molecule has 3 heteroatoms. The summed E-state index contributed by atoms with van der Waals surface area (Å²) < 4.78 is 0. The zero-order chi connectivity index (χ0) is 7.94. The summed E-state index contributed by atoms with van der Waals surface area (Å²) in [6.45, 7) is 0. The summed E-state index contributed by atoms with van der Waals surface area (Å²) in [5.74, 6) is 0.907. The highest BCUT2D eigenvalue weighted by molar-refractivity contribution is 7.78. The number of nitrogens with zero attached hydrogens (tertiary/aromatic N) is 2. The second-order valence-corrected chi connectivity index (χ2v) is 2.56. The highest BCUT2D eigenvalue weighted by Gasteiger charge is 1.91. The van der Waals surface area contributed by atoms with E-state index in [0.29, 0.717) is 0 Å². The maximum atomic E-state index is 4.70. The number of aromatic nitrogens is 2. The molecule has 0 atom stereocenters. The van der Waals surface area contributed by atoms with Gasteiger partial charge in [-0.1, -0.05) is 12.2 Å². The quantitative estimate of drug-likeness (QED) is 0.504. The molecule has 0 saturated carbocycles. The van der Waals surface area contributed by atoms with Crippen LogP contribution in [-0.4, -0.2) is 15.3 Å². The third kappa shape index (κ3) is 3.18. The topological polar surface area (TPSA) is 25.8 Å². The average Bonchev–Trinajstić information content (AvgIpc) is 2.07. The van der Waals surface area contributed by atoms with Gasteiger partial charge in [0.2, 0.25) is 0 Å². The fourth-order valence-corrected chi connectivity index (χ4v) is 0.969. The van der Waals surface area contributed by atoms with Gasteiger partial charge in [0.1, 0.15) is 5.82 Å². The van der Waals surface area contributed by atoms with Gasteiger partial charge in [-0.3, -0.25) is 0 Å². The first kappa shape index (κ1) is 8.27. The lowest BCUT2D eigenvalue weighted by atomic mass is 10.2. The van der Waals surface area contributed by atoms with Crippen molar-refractivity contribution >= 4 is 17.6 Å². The molecule has 1 aromatic rings. The zero-order valence-electron chi connectivity index (χ0n) is 6.23. The molecule has 2 nitrogen and oxygen atoms in total. The van der Waals surface area contributed by atoms with Gasteiger partial charge in [0.05, 0.1) is 0 Å². The van der Waals surface area contributed by atoms with Crippen molar-refractivity contribution in [3.8, 4) is 0 Å². The summed E-state index contributed by atoms with van der Waals surface area (Å²) in [6.07, 6.45) is 6.47. The molecule has 0 fully saturated rings. The van der Waals surface area contributed by atoms with E-state index >= 15 is 0 Å². The Morgan fingerprint density at radius 2 is 2.09 bits per heavy atom. The zero-order valence-corrected chi connectivity index (χ0v) is 7.05. The van der Waals surface area contributed by atoms with Crippen molar-refractivity contribution < 1.29 is 0 Å². The molecule has 0 unspecified atom stereocenters. The van der Waals surface area contributed by atoms with Crippen LogP contribution in [0.25, 0.3) is 0 Å². The van der Waals surface area contributed by atoms with Gasteiger partial charge < -0.3 is 0 Å². The predicted molar refractivity (Wildman–Crippen MR) is 48.6 cm³/mol. The van der Waals surface area contributed by atoms with E-state index in [0.717, 1.165) is 25.1 Å². The van der Waals surface area contributed by atoms with Crippen LogP contribution in [0.2, 0.25) is 0 Å². The number of thiocarbonyl (C=S) groups is 1. The van der Waals surface area contributed by atoms with E-state index in [9.17, 15) is 0 Å². The van der Waals surface area contributed by atoms with Crippen LogP contribution in [-0.2, 0) is 6.42 Å². The van der Waals surface area contributed by atoms with Gasteiger partial charge in [-0.2, -0.15) is 0 Å². The van der Waals surface area contributed by atoms with Crippen LogP contribution >= 0.6 is 12.2 Å². The van der Waals surface area contributed by atoms with E-state index in [4.69, 9.17) is 12.2 Å². The molecule has 0 bridgehead atoms. The van der Waals surface area contributed by atoms with Gasteiger partial charge in [-0.25, -0.2) is 9.97 Å². The summed E-state index contributed by atoms with van der Waals surface area (Å²) in [5, 5.41) is 1.75. The van der Waals surface area contributed by atoms with Gasteiger partial charge in [-0.15, -0.1) is 0 Å². The van der Waals surface area contributed by atoms with Gasteiger partial charge in [0.25, 0.3) is 0 Å². The standard InChI is InChI=1S/C8H10N2S/c11-7-2-1-4-8-9-5-3-6-10-8/h3,5-7H,1-2,4H2. The summed E-state index contributed by atoms with van der Waals surface area (Å²) in [5.41, 5.74) is 0. The van der Waals surface area contributed by atoms with Gasteiger partial charge in [0, 0.05) is 18.8 Å². The normalized spacial score (nSPS) is 9.45. The Kier molecular flexibility index (Phi) is 3.69. The molecule has 1 aromatic heterocycles. The third-order valence-electron chi connectivity index (χ3n) is 1.34. The van der Waals surface area contributed by atoms with Crippen molar-refractivity contribution in [2.24, 2.45) is 0 Å². The molecule has 58 valence electrons. The van der Waals surface area contributed by atoms with E-state index in [2.05, 4.69) is 9.97 Å². The molecule has 0 aliphatic carbocycles. The molecular formula is C8H10N2S. The summed E-state index contributed by atoms with van der Waals surface area (Å²) in [4.78, 5) is 8.18. The fraction of sp³-hybridized carbons (Fsp3) is 0.375.